The van der Waals surface area contributed by atoms with E-state index in [0.29, 0.717) is 5.56 Å². The summed E-state index contributed by atoms with van der Waals surface area (Å²) >= 11 is 1.59. The van der Waals surface area contributed by atoms with Crippen LogP contribution in [0.1, 0.15) is 33.5 Å². The zero-order valence-electron chi connectivity index (χ0n) is 31.8. The van der Waals surface area contributed by atoms with Crippen LogP contribution in [0.15, 0.2) is 121 Å². The van der Waals surface area contributed by atoms with Crippen molar-refractivity contribution in [3.63, 3.8) is 0 Å². The Kier molecular flexibility index (Phi) is 8.00. The van der Waals surface area contributed by atoms with Gasteiger partial charge in [-0.15, -0.1) is 59.7 Å². The minimum Gasteiger partial charge on any atom is -0.305 e. The number of pyridine rings is 2. The monoisotopic (exact) mass is 803 g/mol. The smallest absolute Gasteiger partial charge is 0.0799 e. The normalized spacial score (nSPS) is 13.4. The summed E-state index contributed by atoms with van der Waals surface area (Å²) in [6, 6.07) is 30.4. The van der Waals surface area contributed by atoms with Gasteiger partial charge in [-0.05, 0) is 55.8 Å². The first-order chi connectivity index (χ1) is 23.7. The third kappa shape index (κ3) is 7.24. The SMILES string of the molecule is [2H]C(C)(C)c1cc(-c2[c-]cccc2)ncc1[Si](C)(C)C.[2H]c1c([2H])c([2H])c(-c2ccc3c(c2)sc2c(-c4ccccn4)[c-]ccc23)c([2H])c1[2H].[Ir]. The van der Waals surface area contributed by atoms with Crippen LogP contribution < -0.4 is 5.19 Å². The number of nitrogens with zero attached hydrogens (tertiary/aromatic N) is 2. The summed E-state index contributed by atoms with van der Waals surface area (Å²) in [4.78, 5) is 9.06. The van der Waals surface area contributed by atoms with Gasteiger partial charge in [-0.3, -0.25) is 0 Å². The van der Waals surface area contributed by atoms with Crippen LogP contribution in [-0.2, 0) is 20.1 Å². The molecule has 0 unspecified atom stereocenters. The fourth-order valence-electron chi connectivity index (χ4n) is 5.16. The van der Waals surface area contributed by atoms with Crippen LogP contribution in [0.2, 0.25) is 19.6 Å². The standard InChI is InChI=1S/C23H14NS.C17H22NSi.Ir/c1-2-7-16(8-3-1)17-12-13-18-19-9-6-10-20(21-11-4-5-14-24-21)23(19)25-22(18)15-17;1-13(2)15-11-16(14-9-7-6-8-10-14)18-12-17(15)19(3,4)5;/h1-9,11-15H;6-9,11-13H,1-5H3;/q2*-1;/i1D,2D,3D,7D,8D;13D;. The van der Waals surface area contributed by atoms with E-state index in [1.54, 1.807) is 17.5 Å². The van der Waals surface area contributed by atoms with E-state index in [-0.39, 0.29) is 55.9 Å². The summed E-state index contributed by atoms with van der Waals surface area (Å²) in [5.74, 6) is -0.609. The second-order valence-corrected chi connectivity index (χ2v) is 17.9. The van der Waals surface area contributed by atoms with Crippen LogP contribution in [0.4, 0.5) is 0 Å². The molecule has 0 fully saturated rings. The maximum Gasteiger partial charge on any atom is 0.0799 e. The topological polar surface area (TPSA) is 25.8 Å². The Bertz CT molecular complexity index is 2330. The van der Waals surface area contributed by atoms with Crippen molar-refractivity contribution >= 4 is 44.8 Å². The Morgan fingerprint density at radius 1 is 0.800 bits per heavy atom. The second-order valence-electron chi connectivity index (χ2n) is 11.8. The van der Waals surface area contributed by atoms with Crippen molar-refractivity contribution in [2.75, 3.05) is 0 Å². The Morgan fingerprint density at radius 3 is 2.29 bits per heavy atom. The molecule has 3 aromatic heterocycles. The molecule has 7 rings (SSSR count). The molecule has 0 saturated heterocycles. The molecule has 3 heterocycles. The van der Waals surface area contributed by atoms with E-state index in [1.165, 1.54) is 5.19 Å². The Labute approximate surface area is 294 Å². The second kappa shape index (κ2) is 14.1. The van der Waals surface area contributed by atoms with Gasteiger partial charge in [0, 0.05) is 38.6 Å². The first kappa shape index (κ1) is 25.5. The van der Waals surface area contributed by atoms with Gasteiger partial charge in [0.05, 0.1) is 14.9 Å². The van der Waals surface area contributed by atoms with Crippen molar-refractivity contribution in [2.45, 2.75) is 39.4 Å². The van der Waals surface area contributed by atoms with E-state index in [4.69, 9.17) is 8.22 Å². The number of thiophene rings is 1. The molecule has 227 valence electrons. The van der Waals surface area contributed by atoms with Crippen LogP contribution >= 0.6 is 11.3 Å². The quantitative estimate of drug-likeness (QED) is 0.128. The Morgan fingerprint density at radius 2 is 1.60 bits per heavy atom. The zero-order valence-corrected chi connectivity index (χ0v) is 30.0. The van der Waals surface area contributed by atoms with Crippen molar-refractivity contribution in [1.82, 2.24) is 9.97 Å². The number of hydrogen-bond acceptors (Lipinski definition) is 3. The number of benzene rings is 4. The first-order valence-electron chi connectivity index (χ1n) is 17.5. The van der Waals surface area contributed by atoms with Crippen LogP contribution in [0.5, 0.6) is 0 Å². The van der Waals surface area contributed by atoms with Crippen molar-refractivity contribution in [3.8, 4) is 33.6 Å². The van der Waals surface area contributed by atoms with Gasteiger partial charge in [0.1, 0.15) is 0 Å². The summed E-state index contributed by atoms with van der Waals surface area (Å²) in [6.07, 6.45) is 3.74. The Balaban J connectivity index is 0.000000211. The molecule has 5 heteroatoms. The van der Waals surface area contributed by atoms with Crippen LogP contribution in [-0.4, -0.2) is 18.0 Å². The van der Waals surface area contributed by atoms with Crippen molar-refractivity contribution in [2.24, 2.45) is 0 Å². The van der Waals surface area contributed by atoms with Crippen molar-refractivity contribution in [1.29, 1.82) is 0 Å². The van der Waals surface area contributed by atoms with Gasteiger partial charge >= 0.3 is 0 Å². The predicted octanol–water partition coefficient (Wildman–Crippen LogP) is 10.8. The van der Waals surface area contributed by atoms with Crippen molar-refractivity contribution < 1.29 is 28.3 Å². The molecular formula is C40H36IrN2SSi-2. The van der Waals surface area contributed by atoms with Crippen LogP contribution in [0.25, 0.3) is 53.8 Å². The largest absolute Gasteiger partial charge is 0.305 e. The molecule has 0 amide bonds. The van der Waals surface area contributed by atoms with Gasteiger partial charge < -0.3 is 9.97 Å². The summed E-state index contributed by atoms with van der Waals surface area (Å²) in [7, 11) is -1.50. The van der Waals surface area contributed by atoms with E-state index in [1.807, 2.05) is 92.8 Å². The molecule has 0 bridgehead atoms. The van der Waals surface area contributed by atoms with E-state index in [9.17, 15) is 0 Å². The summed E-state index contributed by atoms with van der Waals surface area (Å²) in [6.45, 7) is 10.8. The van der Waals surface area contributed by atoms with Gasteiger partial charge in [-0.25, -0.2) is 0 Å². The molecular weight excluding hydrogens is 761 g/mol. The first-order valence-corrected chi connectivity index (χ1v) is 18.8. The molecule has 1 radical (unpaired) electrons. The maximum absolute atomic E-state index is 8.44. The predicted molar refractivity (Wildman–Crippen MR) is 192 cm³/mol. The average molecular weight is 803 g/mol. The van der Waals surface area contributed by atoms with E-state index in [0.717, 1.165) is 48.3 Å². The van der Waals surface area contributed by atoms with Crippen LogP contribution in [0.3, 0.4) is 0 Å². The molecule has 4 aromatic carbocycles. The van der Waals surface area contributed by atoms with E-state index in [2.05, 4.69) is 47.8 Å². The van der Waals surface area contributed by atoms with E-state index < -0.39 is 14.0 Å². The zero-order chi connectivity index (χ0) is 36.0. The van der Waals surface area contributed by atoms with Gasteiger partial charge in [-0.2, -0.15) is 11.3 Å². The molecule has 45 heavy (non-hydrogen) atoms. The molecule has 0 N–H and O–H groups in total. The number of hydrogen-bond donors (Lipinski definition) is 0. The Hall–Kier alpha value is -3.73. The third-order valence-electron chi connectivity index (χ3n) is 7.38. The summed E-state index contributed by atoms with van der Waals surface area (Å²) in [5, 5.41) is 3.41. The van der Waals surface area contributed by atoms with Gasteiger partial charge in [0.2, 0.25) is 0 Å². The molecule has 7 aromatic rings. The van der Waals surface area contributed by atoms with Gasteiger partial charge in [-0.1, -0.05) is 105 Å². The molecule has 0 atom stereocenters. The molecule has 0 saturated carbocycles. The molecule has 0 spiro atoms. The van der Waals surface area contributed by atoms with Crippen molar-refractivity contribution in [3.05, 3.63) is 139 Å². The summed E-state index contributed by atoms with van der Waals surface area (Å²) in [5.41, 5.74) is 5.59. The number of aromatic nitrogens is 2. The fourth-order valence-corrected chi connectivity index (χ4v) is 7.99. The number of rotatable bonds is 5. The molecule has 0 aliphatic rings. The van der Waals surface area contributed by atoms with E-state index >= 15 is 0 Å². The van der Waals surface area contributed by atoms with Gasteiger partial charge in [0.25, 0.3) is 0 Å². The maximum atomic E-state index is 8.44. The molecule has 0 aliphatic heterocycles. The third-order valence-corrected chi connectivity index (χ3v) is 10.6. The minimum absolute atomic E-state index is 0. The molecule has 0 aliphatic carbocycles. The van der Waals surface area contributed by atoms with Gasteiger partial charge in [0.15, 0.2) is 0 Å². The molecule has 2 nitrogen and oxygen atoms in total. The number of fused-ring (bicyclic) bond motifs is 3. The minimum atomic E-state index is -1.50. The fraction of sp³-hybridized carbons (Fsp3) is 0.150. The average Bonchev–Trinajstić information content (AvgIpc) is 3.48. The van der Waals surface area contributed by atoms with Crippen LogP contribution in [0, 0.1) is 12.1 Å². The summed E-state index contributed by atoms with van der Waals surface area (Å²) < 4.78 is 50.7.